The van der Waals surface area contributed by atoms with E-state index in [1.54, 1.807) is 28.4 Å². The van der Waals surface area contributed by atoms with E-state index in [0.717, 1.165) is 6.42 Å². The summed E-state index contributed by atoms with van der Waals surface area (Å²) in [5.74, 6) is 0.0994. The lowest BCUT2D eigenvalue weighted by atomic mass is 10.1. The zero-order valence-corrected chi connectivity index (χ0v) is 14.5. The fourth-order valence-corrected chi connectivity index (χ4v) is 4.36. The fourth-order valence-electron chi connectivity index (χ4n) is 3.45. The number of nitrogens with zero attached hydrogens (tertiary/aromatic N) is 2. The molecule has 0 N–H and O–H groups in total. The molecule has 0 radical (unpaired) electrons. The Kier molecular flexibility index (Phi) is 4.29. The van der Waals surface area contributed by atoms with Crippen molar-refractivity contribution in [2.24, 2.45) is 5.92 Å². The Hall–Kier alpha value is -2.21. The molecule has 1 aromatic heterocycles. The summed E-state index contributed by atoms with van der Waals surface area (Å²) in [5.41, 5.74) is 0.361. The van der Waals surface area contributed by atoms with E-state index < -0.39 is 5.82 Å². The third kappa shape index (κ3) is 3.31. The molecule has 1 aliphatic heterocycles. The van der Waals surface area contributed by atoms with Crippen LogP contribution in [0.25, 0.3) is 0 Å². The SMILES string of the molecule is O=C(c1cccc(F)c1)N1CCN(C(=O)C2CC2c2cccs2)CC1. The van der Waals surface area contributed by atoms with Crippen LogP contribution in [0.4, 0.5) is 4.39 Å². The second-order valence-corrected chi connectivity index (χ2v) is 7.57. The van der Waals surface area contributed by atoms with Crippen molar-refractivity contribution in [3.63, 3.8) is 0 Å². The lowest BCUT2D eigenvalue weighted by molar-refractivity contribution is -0.134. The van der Waals surface area contributed by atoms with Crippen molar-refractivity contribution in [3.05, 3.63) is 58.0 Å². The number of carbonyl (C=O) groups is 2. The van der Waals surface area contributed by atoms with Crippen molar-refractivity contribution in [2.45, 2.75) is 12.3 Å². The molecule has 6 heteroatoms. The molecule has 2 amide bonds. The summed E-state index contributed by atoms with van der Waals surface area (Å²) in [7, 11) is 0. The summed E-state index contributed by atoms with van der Waals surface area (Å²) >= 11 is 1.71. The second kappa shape index (κ2) is 6.59. The monoisotopic (exact) mass is 358 g/mol. The topological polar surface area (TPSA) is 40.6 Å². The van der Waals surface area contributed by atoms with Gasteiger partial charge in [0.1, 0.15) is 5.82 Å². The lowest BCUT2D eigenvalue weighted by Crippen LogP contribution is -2.51. The molecule has 1 saturated carbocycles. The molecule has 1 aliphatic carbocycles. The van der Waals surface area contributed by atoms with E-state index in [-0.39, 0.29) is 17.7 Å². The highest BCUT2D eigenvalue weighted by Crippen LogP contribution is 2.50. The molecule has 2 unspecified atom stereocenters. The molecule has 4 nitrogen and oxygen atoms in total. The van der Waals surface area contributed by atoms with Crippen LogP contribution >= 0.6 is 11.3 Å². The minimum atomic E-state index is -0.409. The number of hydrogen-bond acceptors (Lipinski definition) is 3. The Balaban J connectivity index is 1.33. The molecule has 130 valence electrons. The first-order chi connectivity index (χ1) is 12.1. The van der Waals surface area contributed by atoms with Gasteiger partial charge in [-0.25, -0.2) is 4.39 Å². The normalized spacial score (nSPS) is 22.8. The molecule has 2 aliphatic rings. The quantitative estimate of drug-likeness (QED) is 0.846. The summed E-state index contributed by atoms with van der Waals surface area (Å²) in [4.78, 5) is 29.9. The van der Waals surface area contributed by atoms with Crippen molar-refractivity contribution >= 4 is 23.2 Å². The van der Waals surface area contributed by atoms with Crippen molar-refractivity contribution in [3.8, 4) is 0 Å². The van der Waals surface area contributed by atoms with Crippen LogP contribution in [-0.4, -0.2) is 47.8 Å². The van der Waals surface area contributed by atoms with Crippen LogP contribution in [0.3, 0.4) is 0 Å². The van der Waals surface area contributed by atoms with Crippen molar-refractivity contribution < 1.29 is 14.0 Å². The van der Waals surface area contributed by atoms with Crippen LogP contribution in [0.15, 0.2) is 41.8 Å². The van der Waals surface area contributed by atoms with E-state index in [1.807, 2.05) is 16.3 Å². The fraction of sp³-hybridized carbons (Fsp3) is 0.368. The van der Waals surface area contributed by atoms with Gasteiger partial charge >= 0.3 is 0 Å². The van der Waals surface area contributed by atoms with Gasteiger partial charge in [0.2, 0.25) is 5.91 Å². The summed E-state index contributed by atoms with van der Waals surface area (Å²) in [6.07, 6.45) is 0.932. The highest BCUT2D eigenvalue weighted by Gasteiger charge is 2.46. The Labute approximate surface area is 149 Å². The number of carbonyl (C=O) groups excluding carboxylic acids is 2. The highest BCUT2D eigenvalue weighted by molar-refractivity contribution is 7.10. The Morgan fingerprint density at radius 1 is 1.04 bits per heavy atom. The van der Waals surface area contributed by atoms with Gasteiger partial charge < -0.3 is 9.80 Å². The van der Waals surface area contributed by atoms with Gasteiger partial charge in [0.05, 0.1) is 0 Å². The molecule has 1 aromatic carbocycles. The third-order valence-electron chi connectivity index (χ3n) is 4.97. The maximum atomic E-state index is 13.3. The van der Waals surface area contributed by atoms with Crippen LogP contribution in [0.1, 0.15) is 27.6 Å². The molecule has 2 aromatic rings. The van der Waals surface area contributed by atoms with Gasteiger partial charge in [-0.05, 0) is 36.1 Å². The van der Waals surface area contributed by atoms with Crippen LogP contribution in [-0.2, 0) is 4.79 Å². The average Bonchev–Trinajstić information content (AvgIpc) is 3.25. The van der Waals surface area contributed by atoms with Crippen molar-refractivity contribution in [2.75, 3.05) is 26.2 Å². The molecule has 0 spiro atoms. The third-order valence-corrected chi connectivity index (χ3v) is 5.97. The first kappa shape index (κ1) is 16.3. The molecule has 2 heterocycles. The van der Waals surface area contributed by atoms with Crippen LogP contribution in [0.2, 0.25) is 0 Å². The molecule has 0 bridgehead atoms. The van der Waals surface area contributed by atoms with Gasteiger partial charge in [-0.2, -0.15) is 0 Å². The predicted molar refractivity (Wildman–Crippen MR) is 94.1 cm³/mol. The number of halogens is 1. The van der Waals surface area contributed by atoms with Gasteiger partial charge in [0.15, 0.2) is 0 Å². The molecule has 2 atom stereocenters. The number of hydrogen-bond donors (Lipinski definition) is 0. The smallest absolute Gasteiger partial charge is 0.254 e. The van der Waals surface area contributed by atoms with E-state index in [9.17, 15) is 14.0 Å². The standard InChI is InChI=1S/C19H19FN2O2S/c20-14-4-1-3-13(11-14)18(23)21-6-8-22(9-7-21)19(24)16-12-15(16)17-5-2-10-25-17/h1-5,10-11,15-16H,6-9,12H2. The summed E-state index contributed by atoms with van der Waals surface area (Å²) < 4.78 is 13.3. The minimum absolute atomic E-state index is 0.101. The van der Waals surface area contributed by atoms with Gasteiger partial charge in [-0.15, -0.1) is 11.3 Å². The van der Waals surface area contributed by atoms with Gasteiger partial charge in [0.25, 0.3) is 5.91 Å². The Bertz CT molecular complexity index is 784. The lowest BCUT2D eigenvalue weighted by Gasteiger charge is -2.35. The van der Waals surface area contributed by atoms with E-state index in [4.69, 9.17) is 0 Å². The van der Waals surface area contributed by atoms with Crippen LogP contribution in [0.5, 0.6) is 0 Å². The minimum Gasteiger partial charge on any atom is -0.339 e. The Morgan fingerprint density at radius 2 is 1.80 bits per heavy atom. The number of amides is 2. The number of benzene rings is 1. The number of piperazine rings is 1. The van der Waals surface area contributed by atoms with E-state index in [1.165, 1.54) is 17.0 Å². The molecule has 2 fully saturated rings. The molecule has 25 heavy (non-hydrogen) atoms. The molecular formula is C19H19FN2O2S. The van der Waals surface area contributed by atoms with Gasteiger partial charge in [0, 0.05) is 48.5 Å². The van der Waals surface area contributed by atoms with Crippen LogP contribution < -0.4 is 0 Å². The van der Waals surface area contributed by atoms with Gasteiger partial charge in [-0.1, -0.05) is 12.1 Å². The first-order valence-electron chi connectivity index (χ1n) is 8.50. The summed E-state index contributed by atoms with van der Waals surface area (Å²) in [6.45, 7) is 2.09. The molecule has 4 rings (SSSR count). The van der Waals surface area contributed by atoms with Crippen LogP contribution in [0, 0.1) is 11.7 Å². The number of rotatable bonds is 3. The number of thiophene rings is 1. The summed E-state index contributed by atoms with van der Waals surface area (Å²) in [6, 6.07) is 9.87. The highest BCUT2D eigenvalue weighted by atomic mass is 32.1. The zero-order chi connectivity index (χ0) is 17.4. The second-order valence-electron chi connectivity index (χ2n) is 6.59. The van der Waals surface area contributed by atoms with Crippen molar-refractivity contribution in [1.29, 1.82) is 0 Å². The van der Waals surface area contributed by atoms with Crippen molar-refractivity contribution in [1.82, 2.24) is 9.80 Å². The Morgan fingerprint density at radius 3 is 2.48 bits per heavy atom. The molecule has 1 saturated heterocycles. The maximum Gasteiger partial charge on any atom is 0.254 e. The zero-order valence-electron chi connectivity index (χ0n) is 13.7. The molecular weight excluding hydrogens is 339 g/mol. The maximum absolute atomic E-state index is 13.3. The van der Waals surface area contributed by atoms with E-state index >= 15 is 0 Å². The van der Waals surface area contributed by atoms with E-state index in [2.05, 4.69) is 6.07 Å². The predicted octanol–water partition coefficient (Wildman–Crippen LogP) is 2.98. The summed E-state index contributed by atoms with van der Waals surface area (Å²) in [5, 5.41) is 2.05. The van der Waals surface area contributed by atoms with E-state index in [0.29, 0.717) is 37.7 Å². The van der Waals surface area contributed by atoms with Gasteiger partial charge in [-0.3, -0.25) is 9.59 Å². The average molecular weight is 358 g/mol. The first-order valence-corrected chi connectivity index (χ1v) is 9.38. The largest absolute Gasteiger partial charge is 0.339 e.